The fourth-order valence-corrected chi connectivity index (χ4v) is 4.89. The van der Waals surface area contributed by atoms with Gasteiger partial charge in [0.15, 0.2) is 5.96 Å². The number of unbranched alkanes of at least 4 members (excludes halogenated alkanes) is 1. The number of aliphatic carboxylic acids is 13. The normalized spacial score (nSPS) is 13.0. The quantitative estimate of drug-likeness (QED) is 0.0185. The maximum Gasteiger partial charge on any atom is 0.321 e. The van der Waals surface area contributed by atoms with Gasteiger partial charge in [-0.05, 0) is 75.3 Å². The van der Waals surface area contributed by atoms with Crippen molar-refractivity contribution in [2.24, 2.45) is 103 Å². The molecule has 2 aromatic rings. The van der Waals surface area contributed by atoms with E-state index in [2.05, 4.69) is 20.7 Å². The van der Waals surface area contributed by atoms with Gasteiger partial charge >= 0.3 is 77.6 Å². The van der Waals surface area contributed by atoms with Crippen LogP contribution in [0.2, 0.25) is 0 Å². The number of guanidine groups is 1. The first-order chi connectivity index (χ1) is 45.8. The van der Waals surface area contributed by atoms with Gasteiger partial charge in [0.25, 0.3) is 0 Å². The van der Waals surface area contributed by atoms with Crippen LogP contribution >= 0.6 is 0 Å². The van der Waals surface area contributed by atoms with Crippen molar-refractivity contribution in [3.63, 3.8) is 0 Å². The van der Waals surface area contributed by atoms with Gasteiger partial charge in [-0.3, -0.25) is 67.3 Å². The second kappa shape index (κ2) is 67.9. The average Bonchev–Trinajstić information content (AvgIpc) is 1.49. The molecular weight excluding hydrogens is 1340 g/mol. The van der Waals surface area contributed by atoms with Gasteiger partial charge in [-0.2, -0.15) is 0 Å². The second-order valence-corrected chi connectivity index (χ2v) is 21.2. The topological polar surface area (TPSA) is 890 Å². The van der Waals surface area contributed by atoms with Crippen molar-refractivity contribution in [3.05, 3.63) is 54.1 Å². The number of aliphatic imine (C=N–C) groups is 1. The highest BCUT2D eigenvalue weighted by molar-refractivity contribution is 5.81. The first kappa shape index (κ1) is 109. The number of carboxylic acid groups (broad SMARTS) is 13. The predicted octanol–water partition coefficient (Wildman–Crippen LogP) is -4.88. The first-order valence-electron chi connectivity index (χ1n) is 29.7. The monoisotopic (exact) mass is 1450 g/mol. The van der Waals surface area contributed by atoms with Crippen LogP contribution in [0.5, 0.6) is 0 Å². The molecule has 43 nitrogen and oxygen atoms in total. The Hall–Kier alpha value is -9.67. The molecule has 0 unspecified atom stereocenters. The Balaban J connectivity index is -0.000000131. The maximum atomic E-state index is 10.4. The lowest BCUT2D eigenvalue weighted by atomic mass is 10.0. The Morgan fingerprint density at radius 2 is 0.820 bits per heavy atom. The standard InChI is InChI=1S/C9H11NO2.C6H14N4O2.C6H9N3O2.C6H14N2O2.2C6H13NO2.C5H11NO2.2C4H7NO4.C3H7NO2.C2H5NO2/c10-8(9(11)12)6-7-4-2-1-3-5-7;7-4(5(11)12)2-1-3-10-6(8)9;7-5(6(10)11)1-4-2-8-3-9-4;7-4-2-1-3-5(8)6(9)10;1-4(2)3-5(7)6(8)9;1-3-4(2)5(7)6(8)9;1-3(2)4(6)5(7)8;2*5-2(4(8)9)1-3(6)7;1-2(4)3(5)6;3-1-2(4)5/h1-5,8H,6,10H2,(H,11,12);4H,1-3,7H2,(H,11,12)(H4,8,9,10);2-3,5H,1,7H2,(H,8,9)(H,10,11);5H,1-4,7-8H2,(H,9,10);2*4-5H,3,7H2,1-2H3,(H,8,9);3-4H,6H2,1-2H3,(H,7,8);2*2H,1,5H2,(H,6,7)(H,8,9);2H,4H2,1H3,(H,5,6);1,3H2,(H,4,5)/t8-;4-;3*5-;4-,5-;4-;3*2-;/m0000000000./s1. The molecule has 0 fully saturated rings. The number of rotatable bonds is 32. The van der Waals surface area contributed by atoms with Crippen LogP contribution in [0.4, 0.5) is 0 Å². The zero-order chi connectivity index (χ0) is 80.7. The Kier molecular flexibility index (Phi) is 74.0. The molecule has 0 bridgehead atoms. The van der Waals surface area contributed by atoms with Crippen LogP contribution in [0.15, 0.2) is 47.8 Å². The lowest BCUT2D eigenvalue weighted by Crippen LogP contribution is -2.36. The minimum Gasteiger partial charge on any atom is -0.481 e. The second-order valence-electron chi connectivity index (χ2n) is 21.2. The Morgan fingerprint density at radius 1 is 0.460 bits per heavy atom. The molecule has 42 N–H and O–H groups in total. The molecule has 11 atom stereocenters. The Bertz CT molecular complexity index is 2570. The third-order valence-corrected chi connectivity index (χ3v) is 11.1. The van der Waals surface area contributed by atoms with E-state index in [4.69, 9.17) is 141 Å². The van der Waals surface area contributed by atoms with Gasteiger partial charge in [0.1, 0.15) is 60.4 Å². The van der Waals surface area contributed by atoms with Gasteiger partial charge in [-0.15, -0.1) is 0 Å². The lowest BCUT2D eigenvalue weighted by molar-refractivity contribution is -0.144. The van der Waals surface area contributed by atoms with E-state index < -0.39 is 151 Å². The van der Waals surface area contributed by atoms with Crippen molar-refractivity contribution in [1.82, 2.24) is 9.97 Å². The van der Waals surface area contributed by atoms with Crippen molar-refractivity contribution in [3.8, 4) is 0 Å². The summed E-state index contributed by atoms with van der Waals surface area (Å²) < 4.78 is 0. The number of nitrogens with zero attached hydrogens (tertiary/aromatic N) is 2. The van der Waals surface area contributed by atoms with Gasteiger partial charge < -0.3 is 152 Å². The van der Waals surface area contributed by atoms with E-state index in [9.17, 15) is 62.3 Å². The Morgan fingerprint density at radius 3 is 1.04 bits per heavy atom. The number of hydrogen-bond acceptors (Lipinski definition) is 27. The van der Waals surface area contributed by atoms with Gasteiger partial charge in [0.05, 0.1) is 25.7 Å². The van der Waals surface area contributed by atoms with Gasteiger partial charge in [-0.1, -0.05) is 84.7 Å². The molecule has 2 rings (SSSR count). The molecule has 1 aromatic heterocycles. The van der Waals surface area contributed by atoms with Gasteiger partial charge in [-0.25, -0.2) is 4.98 Å². The zero-order valence-corrected chi connectivity index (χ0v) is 57.0. The summed E-state index contributed by atoms with van der Waals surface area (Å²) in [5, 5.41) is 106. The minimum atomic E-state index is -1.29. The molecule has 0 spiro atoms. The average molecular weight is 1450 g/mol. The van der Waals surface area contributed by atoms with E-state index in [0.717, 1.165) is 30.5 Å². The molecular formula is C57H111N17O26. The third kappa shape index (κ3) is 84.4. The number of carbonyl (C=O) groups is 13. The van der Waals surface area contributed by atoms with Crippen molar-refractivity contribution in [2.75, 3.05) is 19.6 Å². The van der Waals surface area contributed by atoms with Crippen LogP contribution in [0.1, 0.15) is 118 Å². The third-order valence-electron chi connectivity index (χ3n) is 11.1. The van der Waals surface area contributed by atoms with Crippen molar-refractivity contribution < 1.29 is 129 Å². The SMILES string of the molecule is CC(C)C[C@H](N)C(=O)O.CC(C)[C@H](N)C(=O)O.CC[C@H](C)[C@H](N)C(=O)O.C[C@H](N)C(=O)O.NC(N)=NCCC[C@H](N)C(=O)O.NCC(=O)O.NCCCC[C@H](N)C(=O)O.N[C@@H](CC(=O)O)C(=O)O.N[C@@H](CC(=O)O)C(=O)O.N[C@@H](Cc1ccccc1)C(=O)O.N[C@@H](Cc1cnc[nH]1)C(=O)O. The number of nitrogens with one attached hydrogen (secondary N) is 1. The predicted molar refractivity (Wildman–Crippen MR) is 362 cm³/mol. The van der Waals surface area contributed by atoms with E-state index >= 15 is 0 Å². The largest absolute Gasteiger partial charge is 0.481 e. The molecule has 100 heavy (non-hydrogen) atoms. The zero-order valence-electron chi connectivity index (χ0n) is 57.0. The number of benzene rings is 1. The highest BCUT2D eigenvalue weighted by Crippen LogP contribution is 2.05. The highest BCUT2D eigenvalue weighted by atomic mass is 16.4. The smallest absolute Gasteiger partial charge is 0.321 e. The molecule has 43 heteroatoms. The van der Waals surface area contributed by atoms with Crippen molar-refractivity contribution in [2.45, 2.75) is 180 Å². The molecule has 580 valence electrons. The summed E-state index contributed by atoms with van der Waals surface area (Å²) in [7, 11) is 0. The van der Waals surface area contributed by atoms with Crippen LogP contribution in [0, 0.1) is 17.8 Å². The van der Waals surface area contributed by atoms with Crippen LogP contribution in [0.3, 0.4) is 0 Å². The molecule has 0 radical (unpaired) electrons. The fraction of sp³-hybridized carbons (Fsp3) is 0.596. The fourth-order valence-electron chi connectivity index (χ4n) is 4.89. The number of H-pyrrole nitrogens is 1. The molecule has 0 saturated carbocycles. The summed E-state index contributed by atoms with van der Waals surface area (Å²) in [4.78, 5) is 140. The maximum absolute atomic E-state index is 10.4. The van der Waals surface area contributed by atoms with E-state index in [0.29, 0.717) is 51.1 Å². The number of carboxylic acids is 13. The van der Waals surface area contributed by atoms with Crippen molar-refractivity contribution >= 4 is 83.6 Å². The first-order valence-corrected chi connectivity index (χ1v) is 29.7. The molecule has 0 amide bonds. The van der Waals surface area contributed by atoms with E-state index in [1.165, 1.54) is 13.3 Å². The lowest BCUT2D eigenvalue weighted by Gasteiger charge is -2.11. The van der Waals surface area contributed by atoms with Crippen LogP contribution in [-0.2, 0) is 75.2 Å². The summed E-state index contributed by atoms with van der Waals surface area (Å²) in [5.74, 6) is -13.1. The summed E-state index contributed by atoms with van der Waals surface area (Å²) in [5.41, 5.74) is 72.8. The summed E-state index contributed by atoms with van der Waals surface area (Å²) in [6.45, 7) is 13.4. The van der Waals surface area contributed by atoms with E-state index in [-0.39, 0.29) is 30.8 Å². The Labute approximate surface area is 577 Å². The molecule has 0 saturated heterocycles. The number of nitrogens with two attached hydrogens (primary N) is 14. The molecule has 1 heterocycles. The number of aromatic amines is 1. The van der Waals surface area contributed by atoms with Gasteiger partial charge in [0, 0.05) is 24.9 Å². The van der Waals surface area contributed by atoms with Crippen molar-refractivity contribution in [1.29, 1.82) is 0 Å². The summed E-state index contributed by atoms with van der Waals surface area (Å²) in [6, 6.07) is 0.744. The minimum absolute atomic E-state index is 0.0129. The molecule has 0 aliphatic carbocycles. The van der Waals surface area contributed by atoms with Crippen LogP contribution < -0.4 is 80.3 Å². The van der Waals surface area contributed by atoms with Gasteiger partial charge in [0.2, 0.25) is 0 Å². The number of hydrogen-bond donors (Lipinski definition) is 28. The highest BCUT2D eigenvalue weighted by Gasteiger charge is 2.19. The van der Waals surface area contributed by atoms with E-state index in [1.807, 2.05) is 58.0 Å². The van der Waals surface area contributed by atoms with E-state index in [1.54, 1.807) is 20.0 Å². The van der Waals surface area contributed by atoms with Crippen LogP contribution in [0.25, 0.3) is 0 Å². The number of aromatic nitrogens is 2. The summed E-state index contributed by atoms with van der Waals surface area (Å²) >= 11 is 0. The molecule has 1 aromatic carbocycles. The van der Waals surface area contributed by atoms with Crippen LogP contribution in [-0.4, -0.2) is 240 Å². The molecule has 0 aliphatic heterocycles. The molecule has 0 aliphatic rings. The number of imidazole rings is 1. The summed E-state index contributed by atoms with van der Waals surface area (Å²) in [6.07, 6.45) is 7.14.